The van der Waals surface area contributed by atoms with Crippen molar-refractivity contribution >= 4 is 35.6 Å². The van der Waals surface area contributed by atoms with Crippen molar-refractivity contribution in [1.29, 1.82) is 0 Å². The van der Waals surface area contributed by atoms with Crippen LogP contribution >= 0.6 is 0 Å². The number of rotatable bonds is 9. The van der Waals surface area contributed by atoms with Crippen molar-refractivity contribution in [2.75, 3.05) is 6.61 Å². The van der Waals surface area contributed by atoms with E-state index in [0.717, 1.165) is 13.8 Å². The first-order valence-corrected chi connectivity index (χ1v) is 19.8. The Kier molecular flexibility index (Phi) is 10.5. The number of amides is 1. The summed E-state index contributed by atoms with van der Waals surface area (Å²) in [4.78, 5) is 82.8. The molecule has 4 aliphatic carbocycles. The summed E-state index contributed by atoms with van der Waals surface area (Å²) in [6, 6.07) is 16.1. The molecular weight excluding hydrogens is 766 g/mol. The van der Waals surface area contributed by atoms with Gasteiger partial charge < -0.3 is 44.3 Å². The molecule has 1 saturated heterocycles. The predicted molar refractivity (Wildman–Crippen MR) is 205 cm³/mol. The van der Waals surface area contributed by atoms with Crippen LogP contribution in [0.2, 0.25) is 0 Å². The lowest BCUT2D eigenvalue weighted by Gasteiger charge is -2.67. The number of ketones is 1. The van der Waals surface area contributed by atoms with Crippen LogP contribution in [0.4, 0.5) is 0 Å². The number of fused-ring (bicyclic) bond motifs is 5. The van der Waals surface area contributed by atoms with Crippen molar-refractivity contribution in [3.05, 3.63) is 82.9 Å². The van der Waals surface area contributed by atoms with Gasteiger partial charge in [0.2, 0.25) is 0 Å². The molecule has 0 unspecified atom stereocenters. The molecule has 7 rings (SSSR count). The van der Waals surface area contributed by atoms with Gasteiger partial charge in [0.05, 0.1) is 35.1 Å². The lowest BCUT2D eigenvalue weighted by atomic mass is 9.44. The van der Waals surface area contributed by atoms with Crippen LogP contribution in [-0.4, -0.2) is 111 Å². The quantitative estimate of drug-likeness (QED) is 0.163. The highest BCUT2D eigenvalue weighted by atomic mass is 16.6. The summed E-state index contributed by atoms with van der Waals surface area (Å²) < 4.78 is 30.2. The van der Waals surface area contributed by atoms with E-state index in [1.807, 2.05) is 0 Å². The number of benzene rings is 2. The topological polar surface area (TPSA) is 221 Å². The zero-order valence-corrected chi connectivity index (χ0v) is 34.1. The van der Waals surface area contributed by atoms with Gasteiger partial charge >= 0.3 is 23.9 Å². The Morgan fingerprint density at radius 1 is 0.881 bits per heavy atom. The number of esters is 4. The molecule has 15 nitrogen and oxygen atoms in total. The minimum Gasteiger partial charge on any atom is -0.456 e. The van der Waals surface area contributed by atoms with E-state index in [4.69, 9.17) is 23.7 Å². The third-order valence-corrected chi connectivity index (χ3v) is 13.9. The first-order chi connectivity index (χ1) is 27.7. The van der Waals surface area contributed by atoms with Crippen LogP contribution in [0.1, 0.15) is 88.4 Å². The maximum absolute atomic E-state index is 15.4. The van der Waals surface area contributed by atoms with Crippen LogP contribution in [-0.2, 0) is 42.9 Å². The van der Waals surface area contributed by atoms with E-state index in [1.165, 1.54) is 26.0 Å². The summed E-state index contributed by atoms with van der Waals surface area (Å²) in [5.74, 6) is -6.95. The highest BCUT2D eigenvalue weighted by Gasteiger charge is 2.78. The van der Waals surface area contributed by atoms with Gasteiger partial charge in [0.1, 0.15) is 23.9 Å². The maximum Gasteiger partial charge on any atom is 0.338 e. The van der Waals surface area contributed by atoms with Gasteiger partial charge in [0.25, 0.3) is 5.91 Å². The molecule has 0 aromatic heterocycles. The second kappa shape index (κ2) is 14.6. The normalized spacial score (nSPS) is 37.1. The fourth-order valence-corrected chi connectivity index (χ4v) is 10.4. The lowest BCUT2D eigenvalue weighted by Crippen LogP contribution is -2.82. The van der Waals surface area contributed by atoms with E-state index in [2.05, 4.69) is 5.32 Å². The summed E-state index contributed by atoms with van der Waals surface area (Å²) in [6.07, 6.45) is -9.94. The molecule has 1 aliphatic heterocycles. The molecule has 0 radical (unpaired) electrons. The monoisotopic (exact) mass is 817 g/mol. The third kappa shape index (κ3) is 6.48. The minimum absolute atomic E-state index is 0.0202. The van der Waals surface area contributed by atoms with Crippen LogP contribution in [0.5, 0.6) is 0 Å². The van der Waals surface area contributed by atoms with E-state index in [-0.39, 0.29) is 42.1 Å². The standard InChI is InChI=1S/C44H51NO14/c1-22-19-42(22,45-37(51)26-14-10-8-11-15-26)35(50)39(53)57-28-20-44(54)36(58-38(52)27-16-12-9-13-17-27)33-41(7,29(48)18-30-43(33,21-55-30)59-25(4)47)34(49)32(56-24(3)46)31(23(28)2)40(44,5)6/h8-17,22,28-30,32-33,35-36,48,50,54H,18-21H2,1-7H3,(H,45,51)/t22-,28+,29-,30-,32-,33+,35-,36+,41-,42-,43+,44-/m1/s1. The van der Waals surface area contributed by atoms with Crippen LogP contribution in [0.3, 0.4) is 0 Å². The highest BCUT2D eigenvalue weighted by Crippen LogP contribution is 2.64. The second-order valence-electron chi connectivity index (χ2n) is 17.5. The molecule has 1 heterocycles. The van der Waals surface area contributed by atoms with Crippen molar-refractivity contribution in [2.24, 2.45) is 22.7 Å². The predicted octanol–water partition coefficient (Wildman–Crippen LogP) is 2.77. The van der Waals surface area contributed by atoms with Crippen LogP contribution < -0.4 is 5.32 Å². The highest BCUT2D eigenvalue weighted by molar-refractivity contribution is 5.97. The Morgan fingerprint density at radius 3 is 2.00 bits per heavy atom. The van der Waals surface area contributed by atoms with Gasteiger partial charge in [-0.2, -0.15) is 0 Å². The molecule has 59 heavy (non-hydrogen) atoms. The molecule has 3 saturated carbocycles. The fourth-order valence-electron chi connectivity index (χ4n) is 10.4. The summed E-state index contributed by atoms with van der Waals surface area (Å²) in [5.41, 5.74) is -8.55. The first-order valence-electron chi connectivity index (χ1n) is 19.8. The van der Waals surface area contributed by atoms with Crippen molar-refractivity contribution < 1.29 is 67.8 Å². The summed E-state index contributed by atoms with van der Waals surface area (Å²) in [7, 11) is 0. The van der Waals surface area contributed by atoms with Crippen molar-refractivity contribution in [3.63, 3.8) is 0 Å². The Balaban J connectivity index is 1.38. The average molecular weight is 818 g/mol. The van der Waals surface area contributed by atoms with Crippen molar-refractivity contribution in [1.82, 2.24) is 5.32 Å². The number of carbonyl (C=O) groups excluding carboxylic acids is 6. The smallest absolute Gasteiger partial charge is 0.338 e. The second-order valence-corrected chi connectivity index (χ2v) is 17.5. The van der Waals surface area contributed by atoms with Gasteiger partial charge in [-0.1, -0.05) is 57.2 Å². The molecule has 12 atom stereocenters. The van der Waals surface area contributed by atoms with Gasteiger partial charge in [-0.3, -0.25) is 19.2 Å². The molecule has 1 amide bonds. The zero-order valence-electron chi connectivity index (χ0n) is 34.1. The van der Waals surface area contributed by atoms with E-state index < -0.39 is 112 Å². The number of hydrogen-bond acceptors (Lipinski definition) is 14. The minimum atomic E-state index is -2.36. The fraction of sp³-hybridized carbons (Fsp3) is 0.545. The molecule has 2 aromatic rings. The van der Waals surface area contributed by atoms with Crippen LogP contribution in [0.15, 0.2) is 71.8 Å². The first kappa shape index (κ1) is 42.2. The van der Waals surface area contributed by atoms with Gasteiger partial charge in [-0.05, 0) is 61.6 Å². The van der Waals surface area contributed by atoms with Gasteiger partial charge in [-0.15, -0.1) is 0 Å². The van der Waals surface area contributed by atoms with E-state index in [0.29, 0.717) is 5.56 Å². The number of hydrogen-bond donors (Lipinski definition) is 4. The number of aliphatic hydroxyl groups excluding tert-OH is 2. The Labute approximate surface area is 341 Å². The number of carbonyl (C=O) groups is 6. The molecular formula is C44H51NO14. The molecule has 0 spiro atoms. The van der Waals surface area contributed by atoms with Gasteiger partial charge in [0.15, 0.2) is 23.6 Å². The number of ether oxygens (including phenoxy) is 5. The SMILES string of the molecule is CC(=O)O[C@H]1C(=O)[C@]2(C)[C@H](O)C[C@H]3OC[C@@]3(OC(C)=O)[C@H]2[C@H](OC(=O)c2ccccc2)[C@]2(O)C[C@H](OC(=O)[C@@H](O)[C@@]3(NC(=O)c4ccccc4)C[C@H]3C)C(C)=C1C2(C)C. The zero-order chi connectivity index (χ0) is 43.0. The van der Waals surface area contributed by atoms with Crippen LogP contribution in [0.25, 0.3) is 0 Å². The number of aliphatic hydroxyl groups is 3. The van der Waals surface area contributed by atoms with E-state index in [9.17, 15) is 39.3 Å². The average Bonchev–Trinajstić information content (AvgIpc) is 3.84. The van der Waals surface area contributed by atoms with Crippen molar-refractivity contribution in [2.45, 2.75) is 121 Å². The summed E-state index contributed by atoms with van der Waals surface area (Å²) in [5, 5.41) is 40.0. The summed E-state index contributed by atoms with van der Waals surface area (Å²) in [6.45, 7) is 9.79. The third-order valence-electron chi connectivity index (χ3n) is 13.9. The molecule has 5 aliphatic rings. The van der Waals surface area contributed by atoms with E-state index >= 15 is 4.79 Å². The molecule has 4 fully saturated rings. The molecule has 4 N–H and O–H groups in total. The Morgan fingerprint density at radius 2 is 1.47 bits per heavy atom. The van der Waals surface area contributed by atoms with Crippen LogP contribution in [0, 0.1) is 22.7 Å². The Bertz CT molecular complexity index is 2100. The Hall–Kier alpha value is -4.96. The molecule has 15 heteroatoms. The lowest BCUT2D eigenvalue weighted by molar-refractivity contribution is -0.346. The van der Waals surface area contributed by atoms with Crippen molar-refractivity contribution in [3.8, 4) is 0 Å². The molecule has 2 aromatic carbocycles. The maximum atomic E-state index is 15.4. The summed E-state index contributed by atoms with van der Waals surface area (Å²) >= 11 is 0. The van der Waals surface area contributed by atoms with E-state index in [1.54, 1.807) is 69.3 Å². The van der Waals surface area contributed by atoms with Gasteiger partial charge in [-0.25, -0.2) is 9.59 Å². The largest absolute Gasteiger partial charge is 0.456 e. The number of Topliss-reactive ketones (excluding diaryl/α,β-unsaturated/α-hetero) is 1. The molecule has 316 valence electrons. The molecule has 2 bridgehead atoms. The number of nitrogens with one attached hydrogen (secondary N) is 1. The van der Waals surface area contributed by atoms with Gasteiger partial charge in [0, 0.05) is 37.7 Å².